The molecule has 0 spiro atoms. The highest BCUT2D eigenvalue weighted by Gasteiger charge is 2.76. The van der Waals surface area contributed by atoms with Crippen molar-refractivity contribution in [3.63, 3.8) is 0 Å². The van der Waals surface area contributed by atoms with Gasteiger partial charge in [-0.1, -0.05) is 29.5 Å². The van der Waals surface area contributed by atoms with E-state index in [2.05, 4.69) is 0 Å². The van der Waals surface area contributed by atoms with Crippen molar-refractivity contribution >= 4 is 34.5 Å². The molecule has 0 aromatic carbocycles. The Morgan fingerprint density at radius 2 is 1.18 bits per heavy atom. The summed E-state index contributed by atoms with van der Waals surface area (Å²) in [6, 6.07) is 0. The van der Waals surface area contributed by atoms with Crippen molar-refractivity contribution in [3.8, 4) is 0 Å². The van der Waals surface area contributed by atoms with Crippen molar-refractivity contribution in [3.05, 3.63) is 0 Å². The first kappa shape index (κ1) is 27.1. The molecule has 1 unspecified atom stereocenters. The molecule has 7 nitrogen and oxygen atoms in total. The normalized spacial score (nSPS) is 37.1. The van der Waals surface area contributed by atoms with E-state index in [-0.39, 0.29) is 3.92 Å². The average molecular weight is 581 g/mol. The molecule has 4 fully saturated rings. The smallest absolute Gasteiger partial charge is 0.344 e. The molecule has 4 bridgehead atoms. The summed E-state index contributed by atoms with van der Waals surface area (Å²) < 4.78 is 11.0. The van der Waals surface area contributed by atoms with Gasteiger partial charge in [-0.05, 0) is 86.5 Å². The summed E-state index contributed by atoms with van der Waals surface area (Å²) in [4.78, 5) is 25.0. The number of ether oxygens (including phenoxy) is 2. The molecule has 4 aliphatic carbocycles. The number of esters is 2. The van der Waals surface area contributed by atoms with E-state index in [1.54, 1.807) is 41.5 Å². The van der Waals surface area contributed by atoms with E-state index in [4.69, 9.17) is 9.47 Å². The van der Waals surface area contributed by atoms with Crippen molar-refractivity contribution in [2.75, 3.05) is 6.61 Å². The Morgan fingerprint density at radius 3 is 1.48 bits per heavy atom. The van der Waals surface area contributed by atoms with Gasteiger partial charge in [0, 0.05) is 16.2 Å². The van der Waals surface area contributed by atoms with Crippen molar-refractivity contribution in [1.82, 2.24) is 0 Å². The van der Waals surface area contributed by atoms with Crippen LogP contribution in [-0.2, 0) is 19.1 Å². The van der Waals surface area contributed by atoms with Crippen LogP contribution in [-0.4, -0.2) is 60.2 Å². The van der Waals surface area contributed by atoms with Gasteiger partial charge in [-0.3, -0.25) is 4.79 Å². The Morgan fingerprint density at radius 1 is 0.818 bits per heavy atom. The van der Waals surface area contributed by atoms with Crippen LogP contribution in [0.3, 0.4) is 0 Å². The van der Waals surface area contributed by atoms with Gasteiger partial charge < -0.3 is 24.8 Å². The Bertz CT molecular complexity index is 719. The standard InChI is InChI=1S/C25H41IO7/c1-8-16(26)18(28)32-9-17(27)33-25-13-22(19(2,3)29)10-23(14-25,20(4,5)30)12-24(11-22,15-25)21(6,7)31/h16,29-31H,8-15H2,1-7H3. The van der Waals surface area contributed by atoms with Gasteiger partial charge in [-0.2, -0.15) is 0 Å². The number of hydrogen-bond donors (Lipinski definition) is 3. The van der Waals surface area contributed by atoms with Crippen LogP contribution in [0.5, 0.6) is 0 Å². The van der Waals surface area contributed by atoms with E-state index in [1.165, 1.54) is 0 Å². The summed E-state index contributed by atoms with van der Waals surface area (Å²) in [5, 5.41) is 34.1. The fraction of sp³-hybridized carbons (Fsp3) is 0.920. The fourth-order valence-electron chi connectivity index (χ4n) is 7.26. The molecule has 0 heterocycles. The molecular weight excluding hydrogens is 539 g/mol. The topological polar surface area (TPSA) is 113 Å². The van der Waals surface area contributed by atoms with E-state index >= 15 is 0 Å². The van der Waals surface area contributed by atoms with Crippen LogP contribution >= 0.6 is 22.6 Å². The predicted molar refractivity (Wildman–Crippen MR) is 132 cm³/mol. The van der Waals surface area contributed by atoms with Crippen LogP contribution in [0.1, 0.15) is 93.4 Å². The largest absolute Gasteiger partial charge is 0.456 e. The molecule has 4 aliphatic rings. The molecule has 0 amide bonds. The van der Waals surface area contributed by atoms with Gasteiger partial charge in [0.25, 0.3) is 0 Å². The number of rotatable bonds is 8. The van der Waals surface area contributed by atoms with Gasteiger partial charge >= 0.3 is 11.9 Å². The van der Waals surface area contributed by atoms with E-state index < -0.39 is 57.2 Å². The third-order valence-corrected chi connectivity index (χ3v) is 10.6. The number of alkyl halides is 1. The molecular formula is C25H41IO7. The average Bonchev–Trinajstić information content (AvgIpc) is 2.61. The minimum atomic E-state index is -1.11. The highest BCUT2D eigenvalue weighted by molar-refractivity contribution is 14.1. The summed E-state index contributed by atoms with van der Waals surface area (Å²) >= 11 is 1.99. The number of carbonyl (C=O) groups is 2. The molecule has 0 aliphatic heterocycles. The lowest BCUT2D eigenvalue weighted by Gasteiger charge is -2.75. The van der Waals surface area contributed by atoms with Crippen molar-refractivity contribution in [1.29, 1.82) is 0 Å². The lowest BCUT2D eigenvalue weighted by Crippen LogP contribution is -2.75. The summed E-state index contributed by atoms with van der Waals surface area (Å²) in [6.07, 6.45) is 3.72. The van der Waals surface area contributed by atoms with Gasteiger partial charge in [0.05, 0.1) is 16.8 Å². The first-order chi connectivity index (χ1) is 14.8. The van der Waals surface area contributed by atoms with Gasteiger partial charge in [-0.25, -0.2) is 4.79 Å². The second-order valence-corrected chi connectivity index (χ2v) is 14.2. The summed E-state index contributed by atoms with van der Waals surface area (Å²) in [5.41, 5.74) is -6.23. The van der Waals surface area contributed by atoms with Gasteiger partial charge in [0.15, 0.2) is 6.61 Å². The number of hydrogen-bond acceptors (Lipinski definition) is 7. The molecule has 4 rings (SSSR count). The lowest BCUT2D eigenvalue weighted by molar-refractivity contribution is -0.332. The highest BCUT2D eigenvalue weighted by Crippen LogP contribution is 2.77. The minimum absolute atomic E-state index is 0.328. The Balaban J connectivity index is 2.01. The molecule has 33 heavy (non-hydrogen) atoms. The second-order valence-electron chi connectivity index (χ2n) is 12.7. The summed E-state index contributed by atoms with van der Waals surface area (Å²) in [5.74, 6) is -1.08. The summed E-state index contributed by atoms with van der Waals surface area (Å²) in [6.45, 7) is 12.1. The van der Waals surface area contributed by atoms with Gasteiger partial charge in [-0.15, -0.1) is 0 Å². The molecule has 3 N–H and O–H groups in total. The highest BCUT2D eigenvalue weighted by atomic mass is 127. The first-order valence-corrected chi connectivity index (χ1v) is 13.2. The molecule has 4 saturated carbocycles. The Labute approximate surface area is 211 Å². The first-order valence-electron chi connectivity index (χ1n) is 11.9. The zero-order valence-corrected chi connectivity index (χ0v) is 23.2. The third-order valence-electron chi connectivity index (χ3n) is 9.18. The van der Waals surface area contributed by atoms with Crippen LogP contribution in [0.15, 0.2) is 0 Å². The van der Waals surface area contributed by atoms with Crippen molar-refractivity contribution in [2.24, 2.45) is 16.2 Å². The monoisotopic (exact) mass is 580 g/mol. The maximum absolute atomic E-state index is 12.9. The van der Waals surface area contributed by atoms with Crippen LogP contribution in [0.4, 0.5) is 0 Å². The van der Waals surface area contributed by atoms with Crippen molar-refractivity contribution < 1.29 is 34.4 Å². The maximum Gasteiger partial charge on any atom is 0.344 e. The van der Waals surface area contributed by atoms with E-state index in [9.17, 15) is 24.9 Å². The molecule has 8 heteroatoms. The van der Waals surface area contributed by atoms with Gasteiger partial charge in [0.1, 0.15) is 9.53 Å². The summed E-state index contributed by atoms with van der Waals surface area (Å²) in [7, 11) is 0. The Hall–Kier alpha value is -0.450. The molecule has 0 aromatic heterocycles. The minimum Gasteiger partial charge on any atom is -0.456 e. The SMILES string of the molecule is CCC(I)C(=O)OCC(=O)OC12CC3(C(C)(C)O)CC(C(C)(C)O)(C1)CC(C(C)(C)O)(C2)C3. The number of carbonyl (C=O) groups excluding carboxylic acids is 2. The number of aliphatic hydroxyl groups is 3. The molecule has 0 radical (unpaired) electrons. The van der Waals surface area contributed by atoms with Crippen LogP contribution in [0, 0.1) is 16.2 Å². The Kier molecular flexibility index (Phi) is 6.61. The van der Waals surface area contributed by atoms with Crippen LogP contribution in [0.25, 0.3) is 0 Å². The molecule has 0 aromatic rings. The van der Waals surface area contributed by atoms with E-state index in [0.717, 1.165) is 0 Å². The van der Waals surface area contributed by atoms with E-state index in [0.29, 0.717) is 44.9 Å². The van der Waals surface area contributed by atoms with Gasteiger partial charge in [0.2, 0.25) is 0 Å². The van der Waals surface area contributed by atoms with E-state index in [1.807, 2.05) is 29.5 Å². The zero-order valence-electron chi connectivity index (χ0n) is 21.1. The molecule has 0 saturated heterocycles. The van der Waals surface area contributed by atoms with Crippen molar-refractivity contribution in [2.45, 2.75) is 120 Å². The predicted octanol–water partition coefficient (Wildman–Crippen LogP) is 3.68. The quantitative estimate of drug-likeness (QED) is 0.228. The second kappa shape index (κ2) is 8.03. The fourth-order valence-corrected chi connectivity index (χ4v) is 7.44. The van der Waals surface area contributed by atoms with Crippen LogP contribution in [0.2, 0.25) is 0 Å². The zero-order chi connectivity index (χ0) is 25.3. The molecule has 190 valence electrons. The third kappa shape index (κ3) is 4.47. The molecule has 1 atom stereocenters. The lowest BCUT2D eigenvalue weighted by atomic mass is 9.32. The van der Waals surface area contributed by atoms with Crippen LogP contribution < -0.4 is 0 Å². The maximum atomic E-state index is 12.9. The number of halogens is 1.